The molecule has 6 atom stereocenters. The van der Waals surface area contributed by atoms with Crippen molar-refractivity contribution in [3.63, 3.8) is 0 Å². The Morgan fingerprint density at radius 3 is 2.68 bits per heavy atom. The molecule has 0 N–H and O–H groups in total. The van der Waals surface area contributed by atoms with E-state index in [0.29, 0.717) is 18.1 Å². The summed E-state index contributed by atoms with van der Waals surface area (Å²) in [5.74, 6) is -0.177. The van der Waals surface area contributed by atoms with Crippen LogP contribution in [-0.2, 0) is 28.8 Å². The molecule has 1 aromatic carbocycles. The quantitative estimate of drug-likeness (QED) is 0.679. The Morgan fingerprint density at radius 2 is 1.92 bits per heavy atom. The normalized spacial score (nSPS) is 38.2. The van der Waals surface area contributed by atoms with Gasteiger partial charge in [-0.2, -0.15) is 0 Å². The predicted molar refractivity (Wildman–Crippen MR) is 93.2 cm³/mol. The summed E-state index contributed by atoms with van der Waals surface area (Å²) in [5.41, 5.74) is 1.03. The predicted octanol–water partition coefficient (Wildman–Crippen LogP) is 1.89. The third kappa shape index (κ3) is 3.40. The van der Waals surface area contributed by atoms with Crippen molar-refractivity contribution in [1.82, 2.24) is 0 Å². The molecule has 0 bridgehead atoms. The van der Waals surface area contributed by atoms with Gasteiger partial charge in [0.2, 0.25) is 0 Å². The largest absolute Gasteiger partial charge is 0.353 e. The van der Waals surface area contributed by atoms with Gasteiger partial charge >= 0.3 is 0 Å². The number of hydrogen-bond donors (Lipinski definition) is 0. The SMILES string of the molecule is Cc1ccc(S(=O)(=O)C[C@@H]2CO[C@H]3O[C@@H]4COCO[C@H]4[C@H](Br)[C@@H]23)cc1. The Balaban J connectivity index is 1.52. The number of halogens is 1. The molecule has 3 saturated heterocycles. The molecule has 0 amide bonds. The number of sulfone groups is 1. The monoisotopic (exact) mass is 432 g/mol. The van der Waals surface area contributed by atoms with Gasteiger partial charge in [-0.1, -0.05) is 33.6 Å². The minimum absolute atomic E-state index is 0.0270. The molecule has 6 nitrogen and oxygen atoms in total. The highest BCUT2D eigenvalue weighted by molar-refractivity contribution is 9.09. The van der Waals surface area contributed by atoms with Crippen molar-refractivity contribution < 1.29 is 27.4 Å². The van der Waals surface area contributed by atoms with Crippen LogP contribution in [0.3, 0.4) is 0 Å². The summed E-state index contributed by atoms with van der Waals surface area (Å²) < 4.78 is 48.3. The Kier molecular flexibility index (Phi) is 4.94. The van der Waals surface area contributed by atoms with Gasteiger partial charge in [-0.25, -0.2) is 8.42 Å². The molecule has 0 aliphatic carbocycles. The van der Waals surface area contributed by atoms with Crippen molar-refractivity contribution in [1.29, 1.82) is 0 Å². The van der Waals surface area contributed by atoms with E-state index in [2.05, 4.69) is 15.9 Å². The van der Waals surface area contributed by atoms with Crippen LogP contribution in [0.2, 0.25) is 0 Å². The van der Waals surface area contributed by atoms with E-state index in [1.807, 2.05) is 19.1 Å². The Labute approximate surface area is 155 Å². The third-order valence-corrected chi connectivity index (χ3v) is 8.12. The standard InChI is InChI=1S/C17H21BrO6S/c1-10-2-4-12(5-3-10)25(19,20)8-11-6-22-17-14(11)15(18)16-13(24-17)7-21-9-23-16/h2-5,11,13-17H,6-9H2,1H3/t11-,13+,14+,15+,16+,17-/m0/s1. The molecule has 0 saturated carbocycles. The second-order valence-corrected chi connectivity index (χ2v) is 9.96. The molecule has 0 radical (unpaired) electrons. The fourth-order valence-electron chi connectivity index (χ4n) is 3.78. The Hall–Kier alpha value is -0.510. The van der Waals surface area contributed by atoms with Gasteiger partial charge in [0, 0.05) is 11.8 Å². The third-order valence-electron chi connectivity index (χ3n) is 5.13. The molecule has 3 heterocycles. The second kappa shape index (κ2) is 6.90. The molecule has 3 aliphatic heterocycles. The molecular weight excluding hydrogens is 412 g/mol. The Morgan fingerprint density at radius 1 is 1.16 bits per heavy atom. The molecule has 1 aromatic rings. The Bertz CT molecular complexity index is 721. The molecule has 3 aliphatic rings. The number of fused-ring (bicyclic) bond motifs is 2. The molecular formula is C17H21BrO6S. The lowest BCUT2D eigenvalue weighted by atomic mass is 9.86. The number of ether oxygens (including phenoxy) is 4. The number of rotatable bonds is 3. The van der Waals surface area contributed by atoms with E-state index in [9.17, 15) is 8.42 Å². The number of benzene rings is 1. The zero-order valence-electron chi connectivity index (χ0n) is 13.8. The van der Waals surface area contributed by atoms with Crippen molar-refractivity contribution >= 4 is 25.8 Å². The lowest BCUT2D eigenvalue weighted by molar-refractivity contribution is -0.281. The van der Waals surface area contributed by atoms with Crippen molar-refractivity contribution in [2.24, 2.45) is 11.8 Å². The van der Waals surface area contributed by atoms with Gasteiger partial charge < -0.3 is 18.9 Å². The van der Waals surface area contributed by atoms with E-state index in [4.69, 9.17) is 18.9 Å². The van der Waals surface area contributed by atoms with Gasteiger partial charge in [0.05, 0.1) is 28.7 Å². The van der Waals surface area contributed by atoms with Crippen LogP contribution in [-0.4, -0.2) is 57.5 Å². The molecule has 3 fully saturated rings. The first-order valence-corrected chi connectivity index (χ1v) is 10.9. The molecule has 0 unspecified atom stereocenters. The lowest BCUT2D eigenvalue weighted by Crippen LogP contribution is -2.57. The van der Waals surface area contributed by atoms with Gasteiger partial charge in [-0.05, 0) is 19.1 Å². The molecule has 0 aromatic heterocycles. The van der Waals surface area contributed by atoms with Crippen LogP contribution >= 0.6 is 15.9 Å². The van der Waals surface area contributed by atoms with Gasteiger partial charge in [0.1, 0.15) is 19.0 Å². The first-order chi connectivity index (χ1) is 12.0. The highest BCUT2D eigenvalue weighted by Gasteiger charge is 2.54. The van der Waals surface area contributed by atoms with E-state index in [0.717, 1.165) is 5.56 Å². The zero-order valence-corrected chi connectivity index (χ0v) is 16.2. The highest BCUT2D eigenvalue weighted by Crippen LogP contribution is 2.43. The van der Waals surface area contributed by atoms with E-state index >= 15 is 0 Å². The minimum atomic E-state index is -3.39. The number of alkyl halides is 1. The van der Waals surface area contributed by atoms with Crippen LogP contribution in [0.1, 0.15) is 5.56 Å². The fraction of sp³-hybridized carbons (Fsp3) is 0.647. The summed E-state index contributed by atoms with van der Waals surface area (Å²) in [4.78, 5) is 0.325. The second-order valence-electron chi connectivity index (χ2n) is 6.87. The van der Waals surface area contributed by atoms with E-state index in [1.165, 1.54) is 0 Å². The fourth-order valence-corrected chi connectivity index (χ4v) is 6.58. The molecule has 8 heteroatoms. The van der Waals surface area contributed by atoms with Gasteiger partial charge in [-0.15, -0.1) is 0 Å². The highest BCUT2D eigenvalue weighted by atomic mass is 79.9. The summed E-state index contributed by atoms with van der Waals surface area (Å²) >= 11 is 3.72. The van der Waals surface area contributed by atoms with Crippen LogP contribution < -0.4 is 0 Å². The van der Waals surface area contributed by atoms with Gasteiger partial charge in [0.25, 0.3) is 0 Å². The number of aryl methyl sites for hydroxylation is 1. The molecule has 4 rings (SSSR count). The summed E-state index contributed by atoms with van der Waals surface area (Å²) in [7, 11) is -3.39. The smallest absolute Gasteiger partial charge is 0.178 e. The number of hydrogen-bond acceptors (Lipinski definition) is 6. The van der Waals surface area contributed by atoms with E-state index in [1.54, 1.807) is 12.1 Å². The lowest BCUT2D eigenvalue weighted by Gasteiger charge is -2.44. The van der Waals surface area contributed by atoms with Crippen molar-refractivity contribution in [2.45, 2.75) is 35.1 Å². The first-order valence-electron chi connectivity index (χ1n) is 8.35. The van der Waals surface area contributed by atoms with Crippen molar-refractivity contribution in [3.05, 3.63) is 29.8 Å². The van der Waals surface area contributed by atoms with Crippen molar-refractivity contribution in [2.75, 3.05) is 25.8 Å². The average Bonchev–Trinajstić information content (AvgIpc) is 2.98. The molecule has 0 spiro atoms. The van der Waals surface area contributed by atoms with Crippen LogP contribution in [0.15, 0.2) is 29.2 Å². The maximum atomic E-state index is 12.8. The van der Waals surface area contributed by atoms with Gasteiger partial charge in [0.15, 0.2) is 16.1 Å². The minimum Gasteiger partial charge on any atom is -0.353 e. The van der Waals surface area contributed by atoms with Crippen LogP contribution in [0.25, 0.3) is 0 Å². The molecule has 138 valence electrons. The summed E-state index contributed by atoms with van der Waals surface area (Å²) in [6.07, 6.45) is -0.762. The van der Waals surface area contributed by atoms with E-state index in [-0.39, 0.29) is 41.4 Å². The van der Waals surface area contributed by atoms with Crippen molar-refractivity contribution in [3.8, 4) is 0 Å². The maximum absolute atomic E-state index is 12.8. The molecule has 25 heavy (non-hydrogen) atoms. The van der Waals surface area contributed by atoms with Crippen LogP contribution in [0.5, 0.6) is 0 Å². The van der Waals surface area contributed by atoms with Gasteiger partial charge in [-0.3, -0.25) is 0 Å². The maximum Gasteiger partial charge on any atom is 0.178 e. The summed E-state index contributed by atoms with van der Waals surface area (Å²) in [5, 5.41) is 0. The summed E-state index contributed by atoms with van der Waals surface area (Å²) in [6, 6.07) is 6.97. The topological polar surface area (TPSA) is 71.1 Å². The van der Waals surface area contributed by atoms with Crippen LogP contribution in [0, 0.1) is 18.8 Å². The van der Waals surface area contributed by atoms with E-state index < -0.39 is 16.1 Å². The van der Waals surface area contributed by atoms with Crippen LogP contribution in [0.4, 0.5) is 0 Å². The zero-order chi connectivity index (χ0) is 17.6. The summed E-state index contributed by atoms with van der Waals surface area (Å²) in [6.45, 7) is 3.00. The average molecular weight is 433 g/mol. The first kappa shape index (κ1) is 17.9.